The maximum atomic E-state index is 11.0. The molecule has 1 rings (SSSR count). The largest absolute Gasteiger partial charge is 0.481 e. The zero-order chi connectivity index (χ0) is 13.9. The Bertz CT molecular complexity index is 490. The first kappa shape index (κ1) is 14.9. The Morgan fingerprint density at radius 3 is 2.78 bits per heavy atom. The molecule has 0 aromatic heterocycles. The van der Waals surface area contributed by atoms with Gasteiger partial charge in [-0.25, -0.2) is 0 Å². The Hall–Kier alpha value is -1.11. The summed E-state index contributed by atoms with van der Waals surface area (Å²) >= 11 is 8.71. The van der Waals surface area contributed by atoms with Gasteiger partial charge in [0.05, 0.1) is 11.0 Å². The van der Waals surface area contributed by atoms with E-state index in [1.54, 1.807) is 6.07 Å². The minimum Gasteiger partial charge on any atom is -0.481 e. The number of nitro groups is 1. The quantitative estimate of drug-likeness (QED) is 0.659. The molecular weight excluding hydrogens is 325 g/mol. The second-order valence-corrected chi connectivity index (χ2v) is 5.03. The molecule has 0 saturated carbocycles. The fourth-order valence-corrected chi connectivity index (χ4v) is 1.87. The Labute approximate surface area is 117 Å². The van der Waals surface area contributed by atoms with Crippen LogP contribution in [0, 0.1) is 10.1 Å². The summed E-state index contributed by atoms with van der Waals surface area (Å²) in [5.74, 6) is 0.000000000000000444. The number of nitro benzene ring substituents is 1. The van der Waals surface area contributed by atoms with Crippen molar-refractivity contribution in [1.82, 2.24) is 0 Å². The fourth-order valence-electron chi connectivity index (χ4n) is 1.35. The zero-order valence-corrected chi connectivity index (χ0v) is 11.9. The van der Waals surface area contributed by atoms with Gasteiger partial charge in [-0.05, 0) is 13.0 Å². The van der Waals surface area contributed by atoms with Gasteiger partial charge < -0.3 is 9.84 Å². The van der Waals surface area contributed by atoms with Crippen molar-refractivity contribution in [3.63, 3.8) is 0 Å². The van der Waals surface area contributed by atoms with Gasteiger partial charge in [-0.15, -0.1) is 0 Å². The number of nitrogens with zero attached hydrogens (tertiary/aromatic N) is 1. The second kappa shape index (κ2) is 6.17. The normalized spacial score (nSPS) is 12.0. The van der Waals surface area contributed by atoms with E-state index in [-0.39, 0.29) is 23.1 Å². The van der Waals surface area contributed by atoms with Crippen LogP contribution in [0.4, 0.5) is 5.69 Å². The van der Waals surface area contributed by atoms with Crippen LogP contribution in [0.2, 0.25) is 0 Å². The predicted molar refractivity (Wildman–Crippen MR) is 71.9 cm³/mol. The summed E-state index contributed by atoms with van der Waals surface area (Å²) in [5, 5.41) is 20.8. The summed E-state index contributed by atoms with van der Waals surface area (Å²) in [6.07, 6.45) is -0.903. The maximum Gasteiger partial charge on any atom is 0.312 e. The lowest BCUT2D eigenvalue weighted by Crippen LogP contribution is -2.05. The number of hydrogen-bond acceptors (Lipinski definition) is 4. The number of halogens is 2. The van der Waals surface area contributed by atoms with Gasteiger partial charge in [0.1, 0.15) is 6.61 Å². The third kappa shape index (κ3) is 3.69. The standard InChI is InChI=1S/C11H11BrClNO4/c1-6(13)5-18-11-9(7(2)15)3-8(12)4-10(11)14(16)17/h3-4,7,15H,1,5H2,2H3/t7-/m1/s1. The summed E-state index contributed by atoms with van der Waals surface area (Å²) in [7, 11) is 0. The van der Waals surface area contributed by atoms with E-state index in [0.29, 0.717) is 10.0 Å². The van der Waals surface area contributed by atoms with E-state index in [2.05, 4.69) is 22.5 Å². The molecule has 1 atom stereocenters. The molecule has 1 aromatic carbocycles. The van der Waals surface area contributed by atoms with Crippen LogP contribution >= 0.6 is 27.5 Å². The smallest absolute Gasteiger partial charge is 0.312 e. The van der Waals surface area contributed by atoms with Gasteiger partial charge >= 0.3 is 5.69 Å². The van der Waals surface area contributed by atoms with E-state index >= 15 is 0 Å². The SMILES string of the molecule is C=C(Cl)COc1c([C@@H](C)O)cc(Br)cc1[N+](=O)[O-]. The van der Waals surface area contributed by atoms with Crippen molar-refractivity contribution in [3.05, 3.63) is 43.9 Å². The molecule has 0 amide bonds. The number of ether oxygens (including phenoxy) is 1. The van der Waals surface area contributed by atoms with E-state index in [1.807, 2.05) is 0 Å². The lowest BCUT2D eigenvalue weighted by molar-refractivity contribution is -0.386. The molecule has 0 aliphatic rings. The molecule has 0 spiro atoms. The second-order valence-electron chi connectivity index (χ2n) is 3.58. The molecule has 0 bridgehead atoms. The highest BCUT2D eigenvalue weighted by Gasteiger charge is 2.23. The Morgan fingerprint density at radius 1 is 1.72 bits per heavy atom. The predicted octanol–water partition coefficient (Wildman–Crippen LogP) is 3.54. The first-order chi connectivity index (χ1) is 8.32. The van der Waals surface area contributed by atoms with E-state index in [0.717, 1.165) is 0 Å². The van der Waals surface area contributed by atoms with Gasteiger partial charge in [0.25, 0.3) is 0 Å². The third-order valence-electron chi connectivity index (χ3n) is 2.08. The van der Waals surface area contributed by atoms with Gasteiger partial charge in [0, 0.05) is 21.1 Å². The van der Waals surface area contributed by atoms with E-state index < -0.39 is 11.0 Å². The van der Waals surface area contributed by atoms with Gasteiger partial charge in [-0.3, -0.25) is 10.1 Å². The van der Waals surface area contributed by atoms with Crippen LogP contribution in [0.1, 0.15) is 18.6 Å². The minimum atomic E-state index is -0.903. The Balaban J connectivity index is 3.31. The molecule has 0 unspecified atom stereocenters. The van der Waals surface area contributed by atoms with Crippen LogP contribution in [0.5, 0.6) is 5.75 Å². The zero-order valence-electron chi connectivity index (χ0n) is 9.52. The molecule has 18 heavy (non-hydrogen) atoms. The Morgan fingerprint density at radius 2 is 2.33 bits per heavy atom. The molecule has 0 aliphatic heterocycles. The van der Waals surface area contributed by atoms with Gasteiger partial charge in [-0.2, -0.15) is 0 Å². The van der Waals surface area contributed by atoms with Crippen molar-refractivity contribution in [2.24, 2.45) is 0 Å². The maximum absolute atomic E-state index is 11.0. The van der Waals surface area contributed by atoms with Crippen molar-refractivity contribution >= 4 is 33.2 Å². The lowest BCUT2D eigenvalue weighted by Gasteiger charge is -2.13. The number of benzene rings is 1. The van der Waals surface area contributed by atoms with Crippen LogP contribution in [0.25, 0.3) is 0 Å². The van der Waals surface area contributed by atoms with Crippen molar-refractivity contribution in [2.45, 2.75) is 13.0 Å². The highest BCUT2D eigenvalue weighted by molar-refractivity contribution is 9.10. The molecule has 0 aliphatic carbocycles. The van der Waals surface area contributed by atoms with Gasteiger partial charge in [0.15, 0.2) is 0 Å². The first-order valence-electron chi connectivity index (χ1n) is 4.95. The molecule has 1 N–H and O–H groups in total. The molecule has 0 heterocycles. The number of rotatable bonds is 5. The fraction of sp³-hybridized carbons (Fsp3) is 0.273. The van der Waals surface area contributed by atoms with Crippen LogP contribution in [-0.2, 0) is 0 Å². The van der Waals surface area contributed by atoms with Crippen molar-refractivity contribution in [1.29, 1.82) is 0 Å². The molecule has 0 saturated heterocycles. The first-order valence-corrected chi connectivity index (χ1v) is 6.12. The van der Waals surface area contributed by atoms with Crippen molar-refractivity contribution < 1.29 is 14.8 Å². The molecular formula is C11H11BrClNO4. The number of aliphatic hydroxyl groups is 1. The number of hydrogen-bond donors (Lipinski definition) is 1. The van der Waals surface area contributed by atoms with Crippen LogP contribution in [0.15, 0.2) is 28.2 Å². The number of aliphatic hydroxyl groups excluding tert-OH is 1. The minimum absolute atomic E-state index is 0.000000000000000444. The summed E-state index contributed by atoms with van der Waals surface area (Å²) in [5.41, 5.74) is 0.0761. The molecule has 0 radical (unpaired) electrons. The molecule has 0 fully saturated rings. The lowest BCUT2D eigenvalue weighted by atomic mass is 10.1. The van der Waals surface area contributed by atoms with Crippen LogP contribution < -0.4 is 4.74 Å². The summed E-state index contributed by atoms with van der Waals surface area (Å²) < 4.78 is 5.74. The topological polar surface area (TPSA) is 72.6 Å². The van der Waals surface area contributed by atoms with Crippen molar-refractivity contribution in [2.75, 3.05) is 6.61 Å². The molecule has 98 valence electrons. The van der Waals surface area contributed by atoms with E-state index in [4.69, 9.17) is 16.3 Å². The summed E-state index contributed by atoms with van der Waals surface area (Å²) in [6.45, 7) is 4.86. The molecule has 1 aromatic rings. The third-order valence-corrected chi connectivity index (χ3v) is 2.65. The molecule has 7 heteroatoms. The van der Waals surface area contributed by atoms with Crippen LogP contribution in [-0.4, -0.2) is 16.6 Å². The summed E-state index contributed by atoms with van der Waals surface area (Å²) in [4.78, 5) is 10.4. The highest BCUT2D eigenvalue weighted by atomic mass is 79.9. The van der Waals surface area contributed by atoms with E-state index in [9.17, 15) is 15.2 Å². The highest BCUT2D eigenvalue weighted by Crippen LogP contribution is 2.38. The van der Waals surface area contributed by atoms with Gasteiger partial charge in [0.2, 0.25) is 5.75 Å². The average Bonchev–Trinajstić information content (AvgIpc) is 2.25. The Kier molecular flexibility index (Phi) is 5.13. The van der Waals surface area contributed by atoms with Crippen molar-refractivity contribution in [3.8, 4) is 5.75 Å². The summed E-state index contributed by atoms with van der Waals surface area (Å²) in [6, 6.07) is 2.86. The monoisotopic (exact) mass is 335 g/mol. The van der Waals surface area contributed by atoms with Gasteiger partial charge in [-0.1, -0.05) is 34.1 Å². The van der Waals surface area contributed by atoms with Crippen LogP contribution in [0.3, 0.4) is 0 Å². The molecule has 5 nitrogen and oxygen atoms in total. The van der Waals surface area contributed by atoms with E-state index in [1.165, 1.54) is 13.0 Å². The average molecular weight is 337 g/mol.